The molecule has 2 N–H and O–H groups in total. The average Bonchev–Trinajstić information content (AvgIpc) is 3.67. The van der Waals surface area contributed by atoms with Crippen molar-refractivity contribution in [3.05, 3.63) is 45.7 Å². The lowest BCUT2D eigenvalue weighted by Crippen LogP contribution is -2.41. The number of anilines is 2. The summed E-state index contributed by atoms with van der Waals surface area (Å²) in [6.45, 7) is 9.79. The zero-order valence-corrected chi connectivity index (χ0v) is 26.2. The van der Waals surface area contributed by atoms with Gasteiger partial charge in [0.1, 0.15) is 22.6 Å². The van der Waals surface area contributed by atoms with Crippen LogP contribution in [0.2, 0.25) is 0 Å². The number of aryl methyl sites for hydroxylation is 2. The van der Waals surface area contributed by atoms with Gasteiger partial charge in [-0.15, -0.1) is 11.3 Å². The van der Waals surface area contributed by atoms with Gasteiger partial charge in [-0.3, -0.25) is 9.58 Å². The third-order valence-corrected chi connectivity index (χ3v) is 10.7. The number of hydrogen-bond donors (Lipinski definition) is 1. The Hall–Kier alpha value is -3.75. The minimum absolute atomic E-state index is 0.285. The molecule has 3 aliphatic rings. The van der Waals surface area contributed by atoms with E-state index in [0.717, 1.165) is 98.7 Å². The highest BCUT2D eigenvalue weighted by Gasteiger charge is 2.48. The zero-order chi connectivity index (χ0) is 29.9. The van der Waals surface area contributed by atoms with Gasteiger partial charge in [0.2, 0.25) is 0 Å². The molecule has 0 bridgehead atoms. The molecular weight excluding hydrogens is 558 g/mol. The van der Waals surface area contributed by atoms with E-state index >= 15 is 0 Å². The van der Waals surface area contributed by atoms with E-state index in [1.807, 2.05) is 19.3 Å². The van der Waals surface area contributed by atoms with Crippen LogP contribution in [0.25, 0.3) is 22.9 Å². The number of fused-ring (bicyclic) bond motifs is 4. The number of thiophene rings is 1. The maximum atomic E-state index is 10.1. The third kappa shape index (κ3) is 4.62. The highest BCUT2D eigenvalue weighted by atomic mass is 32.1. The molecule has 4 aromatic heterocycles. The van der Waals surface area contributed by atoms with E-state index in [1.165, 1.54) is 4.88 Å². The van der Waals surface area contributed by atoms with Gasteiger partial charge < -0.3 is 15.2 Å². The number of aromatic nitrogens is 5. The molecule has 1 saturated heterocycles. The lowest BCUT2D eigenvalue weighted by atomic mass is 9.63. The Morgan fingerprint density at radius 1 is 1.14 bits per heavy atom. The van der Waals surface area contributed by atoms with Crippen LogP contribution in [0.5, 0.6) is 0 Å². The minimum Gasteiger partial charge on any atom is -0.389 e. The van der Waals surface area contributed by atoms with Gasteiger partial charge in [-0.1, -0.05) is 5.16 Å². The quantitative estimate of drug-likeness (QED) is 0.333. The maximum absolute atomic E-state index is 10.1. The minimum atomic E-state index is -0.382. The Kier molecular flexibility index (Phi) is 7.01. The molecule has 1 aliphatic heterocycles. The van der Waals surface area contributed by atoms with Crippen LogP contribution in [0.3, 0.4) is 0 Å². The van der Waals surface area contributed by atoms with Crippen LogP contribution in [-0.2, 0) is 25.3 Å². The van der Waals surface area contributed by atoms with Gasteiger partial charge in [-0.25, -0.2) is 9.97 Å². The maximum Gasteiger partial charge on any atom is 0.184 e. The normalized spacial score (nSPS) is 22.4. The lowest BCUT2D eigenvalue weighted by molar-refractivity contribution is 0.224. The lowest BCUT2D eigenvalue weighted by Gasteiger charge is -2.39. The number of hydrogen-bond acceptors (Lipinski definition) is 10. The van der Waals surface area contributed by atoms with Crippen molar-refractivity contribution in [3.8, 4) is 29.0 Å². The first-order chi connectivity index (χ1) is 20.8. The van der Waals surface area contributed by atoms with Crippen LogP contribution in [0, 0.1) is 11.3 Å². The molecular formula is C32H39N9OS. The number of rotatable bonds is 4. The molecule has 2 aliphatic carbocycles. The van der Waals surface area contributed by atoms with Gasteiger partial charge in [0.15, 0.2) is 17.3 Å². The molecule has 11 heteroatoms. The Balaban J connectivity index is 1.36. The molecule has 43 heavy (non-hydrogen) atoms. The van der Waals surface area contributed by atoms with E-state index < -0.39 is 0 Å². The van der Waals surface area contributed by atoms with Crippen molar-refractivity contribution in [1.82, 2.24) is 29.8 Å². The monoisotopic (exact) mass is 597 g/mol. The standard InChI is InChI=1S/C32H39N9OS/c1-19(2)40-13-7-14-41(20(3)18-40)26-16-24(23-10-15-39(4)37-23)35-31(36-26)28-21-8-5-11-32(29(21)42-38-28)12-6-9-25-27(32)22(17-33)30(34)43-25/h10,15-16,19-20H,5-9,11-14,18,34H2,1-4H3/t20-,32-/m0/s1. The fourth-order valence-corrected chi connectivity index (χ4v) is 8.75. The molecule has 5 heterocycles. The van der Waals surface area contributed by atoms with Gasteiger partial charge in [0.05, 0.1) is 16.7 Å². The van der Waals surface area contributed by atoms with Crippen LogP contribution < -0.4 is 10.6 Å². The third-order valence-electron chi connectivity index (χ3n) is 9.66. The van der Waals surface area contributed by atoms with E-state index in [2.05, 4.69) is 53.0 Å². The number of nitrogens with two attached hydrogens (primary N) is 1. The van der Waals surface area contributed by atoms with E-state index in [4.69, 9.17) is 20.2 Å². The molecule has 0 radical (unpaired) electrons. The SMILES string of the molecule is CC(C)N1CCCN(c2cc(-c3ccn(C)n3)nc(-c3noc4c3CCC[C@@]43CCCc4sc(N)c(C#N)c43)n2)[C@@H](C)C1. The van der Waals surface area contributed by atoms with Crippen molar-refractivity contribution in [2.75, 3.05) is 30.3 Å². The topological polar surface area (TPSA) is 126 Å². The average molecular weight is 598 g/mol. The summed E-state index contributed by atoms with van der Waals surface area (Å²) in [5.74, 6) is 2.33. The van der Waals surface area contributed by atoms with Crippen molar-refractivity contribution in [3.63, 3.8) is 0 Å². The first-order valence-corrected chi connectivity index (χ1v) is 16.3. The van der Waals surface area contributed by atoms with Gasteiger partial charge >= 0.3 is 0 Å². The number of nitrogens with zero attached hydrogens (tertiary/aromatic N) is 8. The molecule has 10 nitrogen and oxygen atoms in total. The first-order valence-electron chi connectivity index (χ1n) is 15.5. The van der Waals surface area contributed by atoms with Crippen molar-refractivity contribution in [2.24, 2.45) is 7.05 Å². The molecule has 4 aromatic rings. The summed E-state index contributed by atoms with van der Waals surface area (Å²) in [7, 11) is 1.92. The van der Waals surface area contributed by atoms with Crippen LogP contribution in [-0.4, -0.2) is 61.5 Å². The summed E-state index contributed by atoms with van der Waals surface area (Å²) in [5.41, 5.74) is 11.0. The van der Waals surface area contributed by atoms with Crippen LogP contribution >= 0.6 is 11.3 Å². The predicted octanol–water partition coefficient (Wildman–Crippen LogP) is 5.32. The summed E-state index contributed by atoms with van der Waals surface area (Å²) in [6, 6.07) is 7.26. The highest BCUT2D eigenvalue weighted by molar-refractivity contribution is 7.16. The number of nitriles is 1. The Bertz CT molecular complexity index is 1710. The van der Waals surface area contributed by atoms with Crippen molar-refractivity contribution < 1.29 is 4.52 Å². The molecule has 0 amide bonds. The second kappa shape index (κ2) is 10.8. The molecule has 1 spiro atoms. The zero-order valence-electron chi connectivity index (χ0n) is 25.4. The molecule has 0 saturated carbocycles. The molecule has 0 unspecified atom stereocenters. The molecule has 7 rings (SSSR count). The van der Waals surface area contributed by atoms with Crippen LogP contribution in [0.15, 0.2) is 22.9 Å². The van der Waals surface area contributed by atoms with E-state index in [-0.39, 0.29) is 11.5 Å². The second-order valence-electron chi connectivity index (χ2n) is 12.7. The summed E-state index contributed by atoms with van der Waals surface area (Å²) < 4.78 is 8.10. The highest BCUT2D eigenvalue weighted by Crippen LogP contribution is 2.55. The van der Waals surface area contributed by atoms with Crippen molar-refractivity contribution in [2.45, 2.75) is 83.2 Å². The predicted molar refractivity (Wildman–Crippen MR) is 168 cm³/mol. The van der Waals surface area contributed by atoms with E-state index in [9.17, 15) is 5.26 Å². The van der Waals surface area contributed by atoms with Crippen LogP contribution in [0.1, 0.15) is 80.2 Å². The Morgan fingerprint density at radius 3 is 2.70 bits per heavy atom. The Morgan fingerprint density at radius 2 is 1.95 bits per heavy atom. The number of nitrogen functional groups attached to an aromatic ring is 1. The van der Waals surface area contributed by atoms with Crippen molar-refractivity contribution >= 4 is 22.2 Å². The molecule has 0 aromatic carbocycles. The molecule has 1 fully saturated rings. The Labute approximate surface area is 256 Å². The second-order valence-corrected chi connectivity index (χ2v) is 13.8. The molecule has 2 atom stereocenters. The van der Waals surface area contributed by atoms with Gasteiger partial charge in [0.25, 0.3) is 0 Å². The molecule has 224 valence electrons. The van der Waals surface area contributed by atoms with E-state index in [0.29, 0.717) is 28.1 Å². The van der Waals surface area contributed by atoms with Gasteiger partial charge in [-0.05, 0) is 77.3 Å². The van der Waals surface area contributed by atoms with Crippen molar-refractivity contribution in [1.29, 1.82) is 5.26 Å². The summed E-state index contributed by atoms with van der Waals surface area (Å²) >= 11 is 1.56. The summed E-state index contributed by atoms with van der Waals surface area (Å²) in [5, 5.41) is 20.1. The fraction of sp³-hybridized carbons (Fsp3) is 0.531. The van der Waals surface area contributed by atoms with Crippen LogP contribution in [0.4, 0.5) is 10.8 Å². The van der Waals surface area contributed by atoms with Gasteiger partial charge in [-0.2, -0.15) is 10.4 Å². The smallest absolute Gasteiger partial charge is 0.184 e. The van der Waals surface area contributed by atoms with Gasteiger partial charge in [0, 0.05) is 61.5 Å². The fourth-order valence-electron chi connectivity index (χ4n) is 7.59. The summed E-state index contributed by atoms with van der Waals surface area (Å²) in [6.07, 6.45) is 8.64. The van der Waals surface area contributed by atoms with E-state index in [1.54, 1.807) is 16.0 Å². The first kappa shape index (κ1) is 28.0. The summed E-state index contributed by atoms with van der Waals surface area (Å²) in [4.78, 5) is 16.4. The largest absolute Gasteiger partial charge is 0.389 e.